The van der Waals surface area contributed by atoms with Crippen molar-refractivity contribution in [3.8, 4) is 5.75 Å². The maximum atomic E-state index is 14.4. The number of benzene rings is 2. The predicted octanol–water partition coefficient (Wildman–Crippen LogP) is 6.27. The smallest absolute Gasteiger partial charge is 0.242 e. The fourth-order valence-electron chi connectivity index (χ4n) is 4.45. The Morgan fingerprint density at radius 3 is 2.27 bits per heavy atom. The SMILES string of the molecule is CCC.CCC=C1CN[C@@H](C)COc2c(F)cccc2CCCNC(=O)C(CCC)NC(=O)CN1.Cc1cc(C)cc(F)c1. The van der Waals surface area contributed by atoms with E-state index in [1.165, 1.54) is 24.6 Å². The summed E-state index contributed by atoms with van der Waals surface area (Å²) in [5.74, 6) is -0.675. The van der Waals surface area contributed by atoms with Crippen molar-refractivity contribution in [1.29, 1.82) is 0 Å². The van der Waals surface area contributed by atoms with Gasteiger partial charge in [0.1, 0.15) is 18.5 Å². The molecule has 2 aromatic carbocycles. The molecular weight excluding hydrogens is 562 g/mol. The lowest BCUT2D eigenvalue weighted by atomic mass is 10.1. The lowest BCUT2D eigenvalue weighted by Gasteiger charge is -2.21. The zero-order chi connectivity index (χ0) is 32.9. The first kappa shape index (κ1) is 38.6. The van der Waals surface area contributed by atoms with Gasteiger partial charge in [-0.2, -0.15) is 0 Å². The van der Waals surface area contributed by atoms with Crippen molar-refractivity contribution in [2.24, 2.45) is 0 Å². The Hall–Kier alpha value is -3.46. The number of carbonyl (C=O) groups is 2. The van der Waals surface area contributed by atoms with Crippen molar-refractivity contribution in [1.82, 2.24) is 21.3 Å². The van der Waals surface area contributed by atoms with E-state index in [9.17, 15) is 18.4 Å². The highest BCUT2D eigenvalue weighted by molar-refractivity contribution is 5.88. The molecule has 0 aliphatic carbocycles. The highest BCUT2D eigenvalue weighted by Gasteiger charge is 2.20. The number of para-hydroxylation sites is 1. The Morgan fingerprint density at radius 1 is 0.977 bits per heavy atom. The number of carbonyl (C=O) groups excluding carboxylic acids is 2. The normalized spacial score (nSPS) is 19.2. The number of fused-ring (bicyclic) bond motifs is 1. The number of amides is 2. The lowest BCUT2D eigenvalue weighted by Crippen LogP contribution is -2.49. The Kier molecular flexibility index (Phi) is 19.4. The number of nitrogens with one attached hydrogen (secondary N) is 4. The standard InChI is InChI=1S/C24H37FN4O3.C8H9F.C3H8/c1-4-8-19-14-27-17(3)16-32-23-18(10-6-12-20(23)25)11-7-13-26-24(31)21(9-5-2)29-22(30)15-28-19;1-6-3-7(2)5-8(9)4-6;1-3-2/h6,8,10,12,17,21,27-28H,4-5,7,9,11,13-16H2,1-3H3,(H,26,31)(H,29,30);3-5H,1-2H3;3H2,1-2H3/t17-,21?;;/m0../s1. The summed E-state index contributed by atoms with van der Waals surface area (Å²) in [6.45, 7) is 15.3. The molecule has 0 spiro atoms. The van der Waals surface area contributed by atoms with Crippen LogP contribution in [-0.4, -0.2) is 50.1 Å². The minimum absolute atomic E-state index is 0.0227. The van der Waals surface area contributed by atoms with E-state index in [1.807, 2.05) is 52.8 Å². The first-order valence-electron chi connectivity index (χ1n) is 15.9. The van der Waals surface area contributed by atoms with Gasteiger partial charge in [0.05, 0.1) is 6.54 Å². The van der Waals surface area contributed by atoms with Crippen LogP contribution in [0.4, 0.5) is 8.78 Å². The molecule has 7 nitrogen and oxygen atoms in total. The predicted molar refractivity (Wildman–Crippen MR) is 176 cm³/mol. The van der Waals surface area contributed by atoms with E-state index in [0.29, 0.717) is 39.0 Å². The van der Waals surface area contributed by atoms with Crippen molar-refractivity contribution < 1.29 is 23.1 Å². The number of rotatable bonds is 3. The molecule has 0 fully saturated rings. The van der Waals surface area contributed by atoms with Crippen LogP contribution in [-0.2, 0) is 16.0 Å². The van der Waals surface area contributed by atoms with E-state index in [1.54, 1.807) is 6.07 Å². The first-order valence-corrected chi connectivity index (χ1v) is 15.9. The molecular formula is C35H54F2N4O3. The van der Waals surface area contributed by atoms with E-state index in [2.05, 4.69) is 35.1 Å². The van der Waals surface area contributed by atoms with E-state index in [4.69, 9.17) is 4.74 Å². The Morgan fingerprint density at radius 2 is 1.66 bits per heavy atom. The molecule has 3 rings (SSSR count). The van der Waals surface area contributed by atoms with Crippen LogP contribution in [0.2, 0.25) is 0 Å². The zero-order valence-corrected chi connectivity index (χ0v) is 27.7. The minimum atomic E-state index is -0.571. The summed E-state index contributed by atoms with van der Waals surface area (Å²) in [6, 6.07) is 9.31. The topological polar surface area (TPSA) is 91.5 Å². The van der Waals surface area contributed by atoms with E-state index < -0.39 is 6.04 Å². The molecule has 1 heterocycles. The molecule has 2 atom stereocenters. The van der Waals surface area contributed by atoms with Gasteiger partial charge in [-0.05, 0) is 81.3 Å². The molecule has 44 heavy (non-hydrogen) atoms. The fraction of sp³-hybridized carbons (Fsp3) is 0.543. The van der Waals surface area contributed by atoms with Crippen molar-refractivity contribution in [3.63, 3.8) is 0 Å². The summed E-state index contributed by atoms with van der Waals surface area (Å²) in [5.41, 5.74) is 3.62. The van der Waals surface area contributed by atoms with Gasteiger partial charge in [-0.15, -0.1) is 0 Å². The average Bonchev–Trinajstić information content (AvgIpc) is 2.95. The number of ether oxygens (including phenoxy) is 1. The second-order valence-corrected chi connectivity index (χ2v) is 11.1. The molecule has 0 aromatic heterocycles. The molecule has 1 aliphatic heterocycles. The van der Waals surface area contributed by atoms with Gasteiger partial charge in [-0.3, -0.25) is 9.59 Å². The van der Waals surface area contributed by atoms with Crippen molar-refractivity contribution >= 4 is 11.8 Å². The maximum absolute atomic E-state index is 14.4. The number of hydrogen-bond donors (Lipinski definition) is 4. The van der Waals surface area contributed by atoms with Crippen LogP contribution < -0.4 is 26.0 Å². The van der Waals surface area contributed by atoms with Crippen LogP contribution in [0.1, 0.15) is 83.4 Å². The van der Waals surface area contributed by atoms with Gasteiger partial charge in [0.25, 0.3) is 0 Å². The summed E-state index contributed by atoms with van der Waals surface area (Å²) in [5, 5.41) is 12.2. The van der Waals surface area contributed by atoms with Crippen LogP contribution >= 0.6 is 0 Å². The minimum Gasteiger partial charge on any atom is -0.489 e. The second kappa shape index (κ2) is 22.1. The summed E-state index contributed by atoms with van der Waals surface area (Å²) in [4.78, 5) is 25.0. The molecule has 246 valence electrons. The van der Waals surface area contributed by atoms with Gasteiger partial charge in [-0.1, -0.05) is 64.8 Å². The lowest BCUT2D eigenvalue weighted by molar-refractivity contribution is -0.128. The summed E-state index contributed by atoms with van der Waals surface area (Å²) in [7, 11) is 0. The Bertz CT molecular complexity index is 1120. The largest absolute Gasteiger partial charge is 0.489 e. The Balaban J connectivity index is 0.000000672. The van der Waals surface area contributed by atoms with Crippen LogP contribution in [0.3, 0.4) is 0 Å². The number of hydrogen-bond acceptors (Lipinski definition) is 5. The van der Waals surface area contributed by atoms with Gasteiger partial charge in [-0.25, -0.2) is 8.78 Å². The number of halogens is 2. The van der Waals surface area contributed by atoms with Gasteiger partial charge < -0.3 is 26.0 Å². The molecule has 0 bridgehead atoms. The molecule has 0 saturated heterocycles. The summed E-state index contributed by atoms with van der Waals surface area (Å²) in [6.07, 6.45) is 6.63. The van der Waals surface area contributed by atoms with Crippen LogP contribution in [0, 0.1) is 25.5 Å². The summed E-state index contributed by atoms with van der Waals surface area (Å²) >= 11 is 0. The molecule has 4 N–H and O–H groups in total. The third-order valence-corrected chi connectivity index (χ3v) is 6.43. The van der Waals surface area contributed by atoms with Gasteiger partial charge in [0, 0.05) is 24.8 Å². The molecule has 9 heteroatoms. The molecule has 1 aliphatic rings. The second-order valence-electron chi connectivity index (χ2n) is 11.1. The molecule has 1 unspecified atom stereocenters. The maximum Gasteiger partial charge on any atom is 0.242 e. The Labute approximate surface area is 263 Å². The number of allylic oxidation sites excluding steroid dienone is 1. The highest BCUT2D eigenvalue weighted by Crippen LogP contribution is 2.24. The van der Waals surface area contributed by atoms with Gasteiger partial charge in [0.2, 0.25) is 11.8 Å². The van der Waals surface area contributed by atoms with Crippen LogP contribution in [0.5, 0.6) is 5.75 Å². The highest BCUT2D eigenvalue weighted by atomic mass is 19.1. The fourth-order valence-corrected chi connectivity index (χ4v) is 4.45. The third kappa shape index (κ3) is 15.8. The van der Waals surface area contributed by atoms with E-state index >= 15 is 0 Å². The van der Waals surface area contributed by atoms with Crippen molar-refractivity contribution in [2.75, 3.05) is 26.2 Å². The molecule has 0 radical (unpaired) electrons. The zero-order valence-electron chi connectivity index (χ0n) is 27.7. The molecule has 0 saturated carbocycles. The van der Waals surface area contributed by atoms with Crippen molar-refractivity contribution in [2.45, 2.75) is 99.1 Å². The third-order valence-electron chi connectivity index (χ3n) is 6.43. The quantitative estimate of drug-likeness (QED) is 0.326. The van der Waals surface area contributed by atoms with Crippen molar-refractivity contribution in [3.05, 3.63) is 76.5 Å². The van der Waals surface area contributed by atoms with Gasteiger partial charge in [0.15, 0.2) is 11.6 Å². The average molecular weight is 617 g/mol. The van der Waals surface area contributed by atoms with E-state index in [-0.39, 0.29) is 41.8 Å². The monoisotopic (exact) mass is 616 g/mol. The summed E-state index contributed by atoms with van der Waals surface area (Å²) < 4.78 is 32.7. The van der Waals surface area contributed by atoms with Gasteiger partial charge >= 0.3 is 0 Å². The van der Waals surface area contributed by atoms with Crippen LogP contribution in [0.15, 0.2) is 48.2 Å². The molecule has 2 aromatic rings. The number of aryl methyl sites for hydroxylation is 3. The van der Waals surface area contributed by atoms with E-state index in [0.717, 1.165) is 35.2 Å². The molecule has 2 amide bonds. The first-order chi connectivity index (χ1) is 21.0. The van der Waals surface area contributed by atoms with Crippen LogP contribution in [0.25, 0.3) is 0 Å².